The molecule has 1 heterocycles. The van der Waals surface area contributed by atoms with Gasteiger partial charge in [0.1, 0.15) is 5.75 Å². The van der Waals surface area contributed by atoms with Crippen LogP contribution in [0.5, 0.6) is 5.75 Å². The summed E-state index contributed by atoms with van der Waals surface area (Å²) in [6.45, 7) is -0.140. The second-order valence-electron chi connectivity index (χ2n) is 3.34. The molecule has 0 saturated carbocycles. The average molecular weight is 249 g/mol. The molecule has 7 heteroatoms. The Bertz CT molecular complexity index is 535. The summed E-state index contributed by atoms with van der Waals surface area (Å²) in [5.74, 6) is 1.25. The first-order valence-corrected chi connectivity index (χ1v) is 5.08. The van der Waals surface area contributed by atoms with E-state index in [2.05, 4.69) is 14.9 Å². The number of methoxy groups -OCH3 is 1. The number of nitrogens with zero attached hydrogens (tertiary/aromatic N) is 2. The number of primary amides is 1. The van der Waals surface area contributed by atoms with Crippen molar-refractivity contribution in [2.75, 3.05) is 7.11 Å². The molecule has 1 aromatic heterocycles. The van der Waals surface area contributed by atoms with Crippen LogP contribution in [0, 0.1) is 0 Å². The summed E-state index contributed by atoms with van der Waals surface area (Å²) >= 11 is 0. The molecule has 1 amide bonds. The quantitative estimate of drug-likeness (QED) is 0.877. The molecule has 0 aliphatic carbocycles. The van der Waals surface area contributed by atoms with Crippen LogP contribution in [-0.2, 0) is 11.3 Å². The number of amides is 1. The van der Waals surface area contributed by atoms with E-state index in [0.717, 1.165) is 11.3 Å². The third-order valence-corrected chi connectivity index (χ3v) is 2.14. The monoisotopic (exact) mass is 249 g/mol. The van der Waals surface area contributed by atoms with Crippen LogP contribution in [0.1, 0.15) is 5.89 Å². The third-order valence-electron chi connectivity index (χ3n) is 2.14. The van der Waals surface area contributed by atoms with Crippen molar-refractivity contribution in [3.05, 3.63) is 30.2 Å². The Hall–Kier alpha value is -2.57. The van der Waals surface area contributed by atoms with E-state index in [0.29, 0.717) is 5.89 Å². The largest absolute Gasteiger partial charge is 0.497 e. The Morgan fingerprint density at radius 3 is 2.67 bits per heavy atom. The van der Waals surface area contributed by atoms with Gasteiger partial charge < -0.3 is 19.6 Å². The molecule has 1 aromatic carbocycles. The zero-order valence-electron chi connectivity index (χ0n) is 9.62. The fourth-order valence-electron chi connectivity index (χ4n) is 1.30. The van der Waals surface area contributed by atoms with Crippen LogP contribution < -0.4 is 10.5 Å². The number of carbonyl (C=O) groups is 1. The molecule has 0 fully saturated rings. The molecule has 0 aliphatic heterocycles. The highest BCUT2D eigenvalue weighted by atomic mass is 16.6. The van der Waals surface area contributed by atoms with Crippen LogP contribution in [0.3, 0.4) is 0 Å². The lowest BCUT2D eigenvalue weighted by atomic mass is 10.2. The molecule has 7 nitrogen and oxygen atoms in total. The highest BCUT2D eigenvalue weighted by Gasteiger charge is 2.09. The second-order valence-corrected chi connectivity index (χ2v) is 3.34. The number of aromatic nitrogens is 2. The Labute approximate surface area is 103 Å². The van der Waals surface area contributed by atoms with Crippen molar-refractivity contribution in [1.82, 2.24) is 10.2 Å². The first-order chi connectivity index (χ1) is 8.69. The van der Waals surface area contributed by atoms with Crippen LogP contribution in [0.4, 0.5) is 4.79 Å². The first kappa shape index (κ1) is 11.9. The molecule has 2 rings (SSSR count). The summed E-state index contributed by atoms with van der Waals surface area (Å²) in [5, 5.41) is 7.56. The summed E-state index contributed by atoms with van der Waals surface area (Å²) in [6, 6.07) is 7.12. The Balaban J connectivity index is 2.10. The van der Waals surface area contributed by atoms with Gasteiger partial charge in [-0.3, -0.25) is 0 Å². The summed E-state index contributed by atoms with van der Waals surface area (Å²) < 4.78 is 14.9. The summed E-state index contributed by atoms with van der Waals surface area (Å²) in [4.78, 5) is 10.4. The fourth-order valence-corrected chi connectivity index (χ4v) is 1.30. The smallest absolute Gasteiger partial charge is 0.405 e. The van der Waals surface area contributed by atoms with Gasteiger partial charge in [0.05, 0.1) is 7.11 Å². The fraction of sp³-hybridized carbons (Fsp3) is 0.182. The van der Waals surface area contributed by atoms with Crippen molar-refractivity contribution in [2.45, 2.75) is 6.61 Å². The van der Waals surface area contributed by atoms with Crippen LogP contribution in [0.15, 0.2) is 28.7 Å². The molecule has 94 valence electrons. The lowest BCUT2D eigenvalue weighted by Gasteiger charge is -1.99. The number of ether oxygens (including phenoxy) is 2. The normalized spacial score (nSPS) is 10.1. The minimum absolute atomic E-state index is 0.140. The molecule has 0 spiro atoms. The van der Waals surface area contributed by atoms with E-state index >= 15 is 0 Å². The molecular weight excluding hydrogens is 238 g/mol. The van der Waals surface area contributed by atoms with Gasteiger partial charge in [-0.05, 0) is 24.3 Å². The predicted octanol–water partition coefficient (Wildman–Crippen LogP) is 1.34. The number of rotatable bonds is 4. The van der Waals surface area contributed by atoms with Crippen LogP contribution >= 0.6 is 0 Å². The number of carbonyl (C=O) groups excluding carboxylic acids is 1. The SMILES string of the molecule is COc1ccc(-c2nnc(COC(N)=O)o2)cc1. The Kier molecular flexibility index (Phi) is 3.42. The number of hydrogen-bond acceptors (Lipinski definition) is 6. The van der Waals surface area contributed by atoms with Gasteiger partial charge in [0.15, 0.2) is 6.61 Å². The minimum atomic E-state index is -0.890. The zero-order chi connectivity index (χ0) is 13.0. The van der Waals surface area contributed by atoms with Gasteiger partial charge in [-0.1, -0.05) is 0 Å². The van der Waals surface area contributed by atoms with Gasteiger partial charge >= 0.3 is 6.09 Å². The van der Waals surface area contributed by atoms with Gasteiger partial charge in [0, 0.05) is 5.56 Å². The summed E-state index contributed by atoms with van der Waals surface area (Å²) in [5.41, 5.74) is 5.57. The van der Waals surface area contributed by atoms with Gasteiger partial charge in [-0.2, -0.15) is 0 Å². The van der Waals surface area contributed by atoms with E-state index < -0.39 is 6.09 Å². The molecule has 2 N–H and O–H groups in total. The highest BCUT2D eigenvalue weighted by molar-refractivity contribution is 5.64. The van der Waals surface area contributed by atoms with Crippen molar-refractivity contribution in [2.24, 2.45) is 5.73 Å². The van der Waals surface area contributed by atoms with Crippen molar-refractivity contribution in [3.63, 3.8) is 0 Å². The van der Waals surface area contributed by atoms with Crippen molar-refractivity contribution in [1.29, 1.82) is 0 Å². The maximum atomic E-state index is 10.4. The molecule has 0 bridgehead atoms. The molecule has 0 radical (unpaired) electrons. The van der Waals surface area contributed by atoms with E-state index in [9.17, 15) is 4.79 Å². The molecule has 0 aliphatic rings. The maximum Gasteiger partial charge on any atom is 0.405 e. The van der Waals surface area contributed by atoms with Crippen molar-refractivity contribution < 1.29 is 18.7 Å². The topological polar surface area (TPSA) is 100 Å². The van der Waals surface area contributed by atoms with Crippen LogP contribution in [-0.4, -0.2) is 23.4 Å². The van der Waals surface area contributed by atoms with E-state index in [1.807, 2.05) is 0 Å². The lowest BCUT2D eigenvalue weighted by Crippen LogP contribution is -2.12. The number of hydrogen-bond donors (Lipinski definition) is 1. The Morgan fingerprint density at radius 2 is 2.06 bits per heavy atom. The van der Waals surface area contributed by atoms with Crippen molar-refractivity contribution in [3.8, 4) is 17.2 Å². The van der Waals surface area contributed by atoms with E-state index in [1.54, 1.807) is 31.4 Å². The average Bonchev–Trinajstić information content (AvgIpc) is 2.85. The van der Waals surface area contributed by atoms with Crippen molar-refractivity contribution >= 4 is 6.09 Å². The van der Waals surface area contributed by atoms with Gasteiger partial charge in [-0.25, -0.2) is 4.79 Å². The highest BCUT2D eigenvalue weighted by Crippen LogP contribution is 2.21. The standard InChI is InChI=1S/C11H11N3O4/c1-16-8-4-2-7(3-5-8)10-14-13-9(18-10)6-17-11(12)15/h2-5H,6H2,1H3,(H2,12,15). The molecule has 2 aromatic rings. The lowest BCUT2D eigenvalue weighted by molar-refractivity contribution is 0.139. The van der Waals surface area contributed by atoms with Gasteiger partial charge in [0.25, 0.3) is 5.89 Å². The van der Waals surface area contributed by atoms with E-state index in [4.69, 9.17) is 14.9 Å². The zero-order valence-corrected chi connectivity index (χ0v) is 9.62. The molecular formula is C11H11N3O4. The summed E-state index contributed by atoms with van der Waals surface area (Å²) in [7, 11) is 1.58. The maximum absolute atomic E-state index is 10.4. The van der Waals surface area contributed by atoms with Crippen LogP contribution in [0.25, 0.3) is 11.5 Å². The second kappa shape index (κ2) is 5.17. The first-order valence-electron chi connectivity index (χ1n) is 5.08. The van der Waals surface area contributed by atoms with E-state index in [-0.39, 0.29) is 12.5 Å². The van der Waals surface area contributed by atoms with Gasteiger partial charge in [0.2, 0.25) is 5.89 Å². The van der Waals surface area contributed by atoms with E-state index in [1.165, 1.54) is 0 Å². The minimum Gasteiger partial charge on any atom is -0.497 e. The predicted molar refractivity (Wildman–Crippen MR) is 60.7 cm³/mol. The number of nitrogens with two attached hydrogens (primary N) is 1. The summed E-state index contributed by atoms with van der Waals surface area (Å²) in [6.07, 6.45) is -0.890. The molecule has 18 heavy (non-hydrogen) atoms. The van der Waals surface area contributed by atoms with Gasteiger partial charge in [-0.15, -0.1) is 10.2 Å². The third kappa shape index (κ3) is 2.76. The molecule has 0 unspecified atom stereocenters. The Morgan fingerprint density at radius 1 is 1.33 bits per heavy atom. The number of benzene rings is 1. The molecule has 0 atom stereocenters. The van der Waals surface area contributed by atoms with Crippen LogP contribution in [0.2, 0.25) is 0 Å². The molecule has 0 saturated heterocycles.